The zero-order valence-corrected chi connectivity index (χ0v) is 30.5. The number of halogens is 3. The first-order valence-corrected chi connectivity index (χ1v) is 15.8. The number of benzene rings is 4. The van der Waals surface area contributed by atoms with Crippen LogP contribution in [0.4, 0.5) is 0 Å². The van der Waals surface area contributed by atoms with Crippen LogP contribution < -0.4 is 24.8 Å². The SMILES string of the molecule is CC(C)(C)c1[c-]c2c(cc1)-c1ccc(C(C)(C)C)cc1C2.Clc1cccc([C](=[Zr+2])c2ccccc2)c1.[Cl-].[Cl-].c1cc[cH-]c1. The second-order valence-electron chi connectivity index (χ2n) is 12.5. The maximum atomic E-state index is 5.97. The molecule has 0 aliphatic heterocycles. The molecule has 5 aromatic carbocycles. The Morgan fingerprint density at radius 1 is 0.698 bits per heavy atom. The first kappa shape index (κ1) is 37.0. The van der Waals surface area contributed by atoms with Gasteiger partial charge < -0.3 is 24.8 Å². The average Bonchev–Trinajstić information content (AvgIpc) is 3.64. The van der Waals surface area contributed by atoms with E-state index in [1.54, 1.807) is 0 Å². The molecule has 0 nitrogen and oxygen atoms in total. The molecule has 0 amide bonds. The van der Waals surface area contributed by atoms with Crippen molar-refractivity contribution < 1.29 is 49.0 Å². The average molecular weight is 705 g/mol. The van der Waals surface area contributed by atoms with Crippen molar-refractivity contribution >= 4 is 14.8 Å². The molecular weight excluding hydrogens is 666 g/mol. The van der Waals surface area contributed by atoms with E-state index in [1.165, 1.54) is 71.9 Å². The minimum atomic E-state index is 0. The predicted molar refractivity (Wildman–Crippen MR) is 174 cm³/mol. The van der Waals surface area contributed by atoms with Crippen molar-refractivity contribution in [2.75, 3.05) is 0 Å². The fraction of sp³-hybridized carbons (Fsp3) is 0.231. The van der Waals surface area contributed by atoms with Gasteiger partial charge in [-0.3, -0.25) is 0 Å². The van der Waals surface area contributed by atoms with E-state index in [2.05, 4.69) is 108 Å². The maximum absolute atomic E-state index is 5.97. The van der Waals surface area contributed by atoms with Crippen LogP contribution in [0.1, 0.15) is 74.9 Å². The summed E-state index contributed by atoms with van der Waals surface area (Å²) in [5.41, 5.74) is 11.2. The van der Waals surface area contributed by atoms with Crippen molar-refractivity contribution in [1.29, 1.82) is 0 Å². The van der Waals surface area contributed by atoms with Gasteiger partial charge in [-0.15, -0.1) is 11.1 Å². The monoisotopic (exact) mass is 702 g/mol. The third kappa shape index (κ3) is 10.2. The van der Waals surface area contributed by atoms with Crippen molar-refractivity contribution in [3.8, 4) is 11.1 Å². The second-order valence-corrected chi connectivity index (χ2v) is 14.2. The van der Waals surface area contributed by atoms with Crippen LogP contribution in [0, 0.1) is 6.07 Å². The molecule has 0 spiro atoms. The fourth-order valence-electron chi connectivity index (χ4n) is 4.76. The summed E-state index contributed by atoms with van der Waals surface area (Å²) < 4.78 is 1.34. The summed E-state index contributed by atoms with van der Waals surface area (Å²) >= 11 is 7.38. The normalized spacial score (nSPS) is 11.3. The molecule has 1 aliphatic carbocycles. The third-order valence-corrected chi connectivity index (χ3v) is 8.85. The summed E-state index contributed by atoms with van der Waals surface area (Å²) in [5.74, 6) is 0. The Kier molecular flexibility index (Phi) is 14.0. The Morgan fingerprint density at radius 3 is 1.88 bits per heavy atom. The van der Waals surface area contributed by atoms with Gasteiger partial charge in [-0.25, -0.2) is 12.1 Å². The molecule has 0 fully saturated rings. The molecular formula is C39H39Cl3Zr-2. The summed E-state index contributed by atoms with van der Waals surface area (Å²) in [5, 5.41) is 0.795. The van der Waals surface area contributed by atoms with Crippen molar-refractivity contribution in [2.24, 2.45) is 0 Å². The summed E-state index contributed by atoms with van der Waals surface area (Å²) in [6.07, 6.45) is 1.03. The van der Waals surface area contributed by atoms with Crippen LogP contribution in [-0.4, -0.2) is 3.21 Å². The van der Waals surface area contributed by atoms with E-state index >= 15 is 0 Å². The van der Waals surface area contributed by atoms with Gasteiger partial charge in [0.2, 0.25) is 0 Å². The first-order valence-electron chi connectivity index (χ1n) is 14.2. The van der Waals surface area contributed by atoms with Crippen LogP contribution in [0.25, 0.3) is 11.1 Å². The molecule has 0 saturated carbocycles. The third-order valence-electron chi connectivity index (χ3n) is 7.20. The molecule has 1 aliphatic rings. The summed E-state index contributed by atoms with van der Waals surface area (Å²) in [7, 11) is 0. The molecule has 0 bridgehead atoms. The van der Waals surface area contributed by atoms with E-state index in [-0.39, 0.29) is 35.6 Å². The van der Waals surface area contributed by atoms with Crippen LogP contribution in [0.3, 0.4) is 0 Å². The van der Waals surface area contributed by atoms with Gasteiger partial charge in [-0.05, 0) is 28.4 Å². The van der Waals surface area contributed by atoms with E-state index in [9.17, 15) is 0 Å². The quantitative estimate of drug-likeness (QED) is 0.233. The van der Waals surface area contributed by atoms with Crippen molar-refractivity contribution in [1.82, 2.24) is 0 Å². The summed E-state index contributed by atoms with van der Waals surface area (Å²) in [6.45, 7) is 13.6. The number of hydrogen-bond donors (Lipinski definition) is 0. The van der Waals surface area contributed by atoms with Crippen LogP contribution in [-0.2, 0) is 41.5 Å². The maximum Gasteiger partial charge on any atom is -0.172 e. The molecule has 5 aromatic rings. The van der Waals surface area contributed by atoms with Crippen molar-refractivity contribution in [2.45, 2.75) is 58.8 Å². The molecule has 0 radical (unpaired) electrons. The van der Waals surface area contributed by atoms with E-state index in [0.29, 0.717) is 0 Å². The van der Waals surface area contributed by atoms with E-state index in [4.69, 9.17) is 11.6 Å². The summed E-state index contributed by atoms with van der Waals surface area (Å²) in [6, 6.07) is 43.6. The molecule has 0 heterocycles. The molecule has 0 unspecified atom stereocenters. The molecule has 0 aromatic heterocycles. The van der Waals surface area contributed by atoms with E-state index < -0.39 is 0 Å². The fourth-order valence-corrected chi connectivity index (χ4v) is 5.75. The van der Waals surface area contributed by atoms with Crippen LogP contribution in [0.5, 0.6) is 0 Å². The van der Waals surface area contributed by atoms with Crippen molar-refractivity contribution in [3.05, 3.63) is 160 Å². The zero-order chi connectivity index (χ0) is 29.6. The largest absolute Gasteiger partial charge is 1.00 e. The Labute approximate surface area is 291 Å². The van der Waals surface area contributed by atoms with Crippen LogP contribution in [0.15, 0.2) is 115 Å². The minimum absolute atomic E-state index is 0. The molecule has 0 atom stereocenters. The number of hydrogen-bond acceptors (Lipinski definition) is 0. The van der Waals surface area contributed by atoms with E-state index in [0.717, 1.165) is 11.4 Å². The molecule has 43 heavy (non-hydrogen) atoms. The minimum Gasteiger partial charge on any atom is -1.00 e. The summed E-state index contributed by atoms with van der Waals surface area (Å²) in [4.78, 5) is 0. The van der Waals surface area contributed by atoms with Gasteiger partial charge in [0.25, 0.3) is 0 Å². The van der Waals surface area contributed by atoms with Gasteiger partial charge in [-0.2, -0.15) is 42.0 Å². The Morgan fingerprint density at radius 2 is 1.33 bits per heavy atom. The Balaban J connectivity index is 0.000000256. The van der Waals surface area contributed by atoms with Gasteiger partial charge in [0, 0.05) is 0 Å². The molecule has 222 valence electrons. The van der Waals surface area contributed by atoms with Gasteiger partial charge >= 0.3 is 110 Å². The van der Waals surface area contributed by atoms with Gasteiger partial charge in [-0.1, -0.05) is 65.3 Å². The van der Waals surface area contributed by atoms with Crippen LogP contribution in [0.2, 0.25) is 5.02 Å². The van der Waals surface area contributed by atoms with Gasteiger partial charge in [0.05, 0.1) is 0 Å². The molecule has 6 rings (SSSR count). The van der Waals surface area contributed by atoms with Crippen molar-refractivity contribution in [3.63, 3.8) is 0 Å². The first-order chi connectivity index (χ1) is 19.4. The number of rotatable bonds is 2. The zero-order valence-electron chi connectivity index (χ0n) is 25.8. The molecule has 0 N–H and O–H groups in total. The Hall–Kier alpha value is -2.15. The predicted octanol–water partition coefficient (Wildman–Crippen LogP) is 4.52. The number of fused-ring (bicyclic) bond motifs is 3. The second kappa shape index (κ2) is 16.2. The smallest absolute Gasteiger partial charge is 0.172 e. The topological polar surface area (TPSA) is 0 Å². The standard InChI is InChI=1S/C21H25.C13H9Cl.C5H5.2ClH.Zr/c1-20(2,3)16-7-9-18-14(12-16)11-15-13-17(21(4,5)6)8-10-19(15)18;14-13-8-4-7-12(10-13)9-11-5-2-1-3-6-11;1-2-4-5-3-1;;;/h7-10,12H,11H2,1-6H3;1-8,10H;1-5H;2*1H;/q-1;;-1;;;+2/p-2. The van der Waals surface area contributed by atoms with Crippen LogP contribution >= 0.6 is 11.6 Å². The molecule has 4 heteroatoms. The van der Waals surface area contributed by atoms with Gasteiger partial charge in [0.1, 0.15) is 0 Å². The van der Waals surface area contributed by atoms with E-state index in [1.807, 2.05) is 54.6 Å². The van der Waals surface area contributed by atoms with Gasteiger partial charge in [0.15, 0.2) is 0 Å². The molecule has 0 saturated heterocycles. The Bertz CT molecular complexity index is 1510.